The van der Waals surface area contributed by atoms with Gasteiger partial charge in [0, 0.05) is 13.0 Å². The van der Waals surface area contributed by atoms with Crippen LogP contribution in [0.1, 0.15) is 10.6 Å². The normalized spacial score (nSPS) is 10.3. The molecule has 3 rings (SSSR count). The molecule has 1 aromatic heterocycles. The number of hydrogen-bond donors (Lipinski definition) is 2. The van der Waals surface area contributed by atoms with Crippen molar-refractivity contribution in [2.75, 3.05) is 11.9 Å². The molecule has 2 amide bonds. The van der Waals surface area contributed by atoms with Gasteiger partial charge in [-0.05, 0) is 30.3 Å². The van der Waals surface area contributed by atoms with Crippen LogP contribution in [0.3, 0.4) is 0 Å². The van der Waals surface area contributed by atoms with Crippen molar-refractivity contribution in [1.82, 2.24) is 10.3 Å². The largest absolute Gasteiger partial charge is 0.337 e. The fraction of sp³-hybridized carbons (Fsp3) is 0.118. The van der Waals surface area contributed by atoms with Gasteiger partial charge in [-0.15, -0.1) is 11.3 Å². The third kappa shape index (κ3) is 3.67. The van der Waals surface area contributed by atoms with E-state index in [0.717, 1.165) is 21.3 Å². The number of rotatable bonds is 4. The summed E-state index contributed by atoms with van der Waals surface area (Å²) in [5, 5.41) is 15.1. The summed E-state index contributed by atoms with van der Waals surface area (Å²) >= 11 is 1.59. The van der Waals surface area contributed by atoms with E-state index in [1.807, 2.05) is 30.3 Å². The van der Waals surface area contributed by atoms with Crippen LogP contribution >= 0.6 is 11.3 Å². The minimum absolute atomic E-state index is 0.0799. The molecule has 0 saturated carbocycles. The number of aromatic nitrogens is 1. The van der Waals surface area contributed by atoms with Crippen LogP contribution in [-0.4, -0.2) is 17.6 Å². The van der Waals surface area contributed by atoms with Gasteiger partial charge in [-0.3, -0.25) is 0 Å². The van der Waals surface area contributed by atoms with E-state index in [0.29, 0.717) is 13.0 Å². The number of anilines is 1. The molecule has 2 N–H and O–H groups in total. The Kier molecular flexibility index (Phi) is 4.68. The summed E-state index contributed by atoms with van der Waals surface area (Å²) in [6.07, 6.45) is 0.612. The second kappa shape index (κ2) is 7.06. The number of halogens is 1. The first-order chi connectivity index (χ1) is 11.7. The van der Waals surface area contributed by atoms with Crippen molar-refractivity contribution in [3.8, 4) is 6.07 Å². The van der Waals surface area contributed by atoms with Crippen molar-refractivity contribution in [2.24, 2.45) is 0 Å². The Bertz CT molecular complexity index is 899. The average Bonchev–Trinajstić information content (AvgIpc) is 2.99. The minimum Gasteiger partial charge on any atom is -0.337 e. The molecule has 2 aromatic carbocycles. The molecule has 0 aliphatic heterocycles. The number of thiazole rings is 1. The number of nitrogens with one attached hydrogen (secondary N) is 2. The second-order valence-electron chi connectivity index (χ2n) is 5.01. The standard InChI is InChI=1S/C17H13FN4OS/c18-12-5-6-13(11(9-12)10-19)22-17(23)20-8-7-16-21-14-3-1-2-4-15(14)24-16/h1-6,9H,7-8H2,(H2,20,22,23). The Morgan fingerprint density at radius 1 is 1.29 bits per heavy atom. The van der Waals surface area contributed by atoms with E-state index in [1.54, 1.807) is 11.3 Å². The molecule has 0 aliphatic carbocycles. The molecule has 1 heterocycles. The molecular weight excluding hydrogens is 327 g/mol. The zero-order valence-corrected chi connectivity index (χ0v) is 13.4. The molecule has 3 aromatic rings. The zero-order valence-electron chi connectivity index (χ0n) is 12.5. The van der Waals surface area contributed by atoms with E-state index in [4.69, 9.17) is 5.26 Å². The Labute approximate surface area is 141 Å². The summed E-state index contributed by atoms with van der Waals surface area (Å²) in [6, 6.07) is 12.9. The minimum atomic E-state index is -0.520. The fourth-order valence-corrected chi connectivity index (χ4v) is 3.16. The molecule has 0 fully saturated rings. The van der Waals surface area contributed by atoms with E-state index < -0.39 is 11.8 Å². The number of amides is 2. The highest BCUT2D eigenvalue weighted by atomic mass is 32.1. The third-order valence-corrected chi connectivity index (χ3v) is 4.41. The molecule has 0 saturated heterocycles. The first-order valence-electron chi connectivity index (χ1n) is 7.24. The molecule has 0 spiro atoms. The van der Waals surface area contributed by atoms with Gasteiger partial charge in [0.2, 0.25) is 0 Å². The summed E-state index contributed by atoms with van der Waals surface area (Å²) < 4.78 is 14.2. The summed E-state index contributed by atoms with van der Waals surface area (Å²) in [5.74, 6) is -0.520. The summed E-state index contributed by atoms with van der Waals surface area (Å²) in [4.78, 5) is 16.4. The van der Waals surface area contributed by atoms with E-state index >= 15 is 0 Å². The third-order valence-electron chi connectivity index (χ3n) is 3.31. The van der Waals surface area contributed by atoms with Crippen LogP contribution in [-0.2, 0) is 6.42 Å². The van der Waals surface area contributed by atoms with Crippen LogP contribution in [0.15, 0.2) is 42.5 Å². The van der Waals surface area contributed by atoms with Gasteiger partial charge in [0.05, 0.1) is 26.5 Å². The summed E-state index contributed by atoms with van der Waals surface area (Å²) in [5.41, 5.74) is 1.31. The highest BCUT2D eigenvalue weighted by Gasteiger charge is 2.08. The number of nitriles is 1. The van der Waals surface area contributed by atoms with Crippen LogP contribution in [0.2, 0.25) is 0 Å². The van der Waals surface area contributed by atoms with Crippen molar-refractivity contribution in [3.63, 3.8) is 0 Å². The first kappa shape index (κ1) is 15.9. The van der Waals surface area contributed by atoms with Crippen LogP contribution < -0.4 is 10.6 Å². The molecule has 24 heavy (non-hydrogen) atoms. The van der Waals surface area contributed by atoms with Crippen molar-refractivity contribution < 1.29 is 9.18 Å². The molecule has 0 bridgehead atoms. The predicted octanol–water partition coefficient (Wildman–Crippen LogP) is 3.67. The van der Waals surface area contributed by atoms with E-state index in [2.05, 4.69) is 15.6 Å². The number of fused-ring (bicyclic) bond motifs is 1. The number of urea groups is 1. The smallest absolute Gasteiger partial charge is 0.319 e. The number of carbonyl (C=O) groups is 1. The maximum atomic E-state index is 13.1. The van der Waals surface area contributed by atoms with Gasteiger partial charge in [-0.2, -0.15) is 5.26 Å². The van der Waals surface area contributed by atoms with Crippen LogP contribution in [0, 0.1) is 17.1 Å². The number of hydrogen-bond acceptors (Lipinski definition) is 4. The molecule has 7 heteroatoms. The Balaban J connectivity index is 1.55. The molecule has 0 unspecified atom stereocenters. The summed E-state index contributed by atoms with van der Waals surface area (Å²) in [7, 11) is 0. The van der Waals surface area contributed by atoms with Crippen LogP contribution in [0.5, 0.6) is 0 Å². The van der Waals surface area contributed by atoms with E-state index in [1.165, 1.54) is 12.1 Å². The Morgan fingerprint density at radius 2 is 2.12 bits per heavy atom. The molecular formula is C17H13FN4OS. The lowest BCUT2D eigenvalue weighted by molar-refractivity contribution is 0.252. The Hall–Kier alpha value is -2.98. The average molecular weight is 340 g/mol. The van der Waals surface area contributed by atoms with Crippen LogP contribution in [0.4, 0.5) is 14.9 Å². The topological polar surface area (TPSA) is 77.8 Å². The second-order valence-corrected chi connectivity index (χ2v) is 6.12. The van der Waals surface area contributed by atoms with Gasteiger partial charge in [0.25, 0.3) is 0 Å². The number of para-hydroxylation sites is 1. The lowest BCUT2D eigenvalue weighted by Gasteiger charge is -2.08. The lowest BCUT2D eigenvalue weighted by atomic mass is 10.2. The quantitative estimate of drug-likeness (QED) is 0.760. The zero-order chi connectivity index (χ0) is 16.9. The number of nitrogens with zero attached hydrogens (tertiary/aromatic N) is 2. The van der Waals surface area contributed by atoms with Gasteiger partial charge in [-0.25, -0.2) is 14.2 Å². The highest BCUT2D eigenvalue weighted by molar-refractivity contribution is 7.18. The Morgan fingerprint density at radius 3 is 2.92 bits per heavy atom. The van der Waals surface area contributed by atoms with Gasteiger partial charge in [-0.1, -0.05) is 12.1 Å². The van der Waals surface area contributed by atoms with Crippen molar-refractivity contribution in [1.29, 1.82) is 5.26 Å². The highest BCUT2D eigenvalue weighted by Crippen LogP contribution is 2.21. The van der Waals surface area contributed by atoms with Gasteiger partial charge in [0.15, 0.2) is 0 Å². The van der Waals surface area contributed by atoms with Crippen molar-refractivity contribution in [2.45, 2.75) is 6.42 Å². The number of carbonyl (C=O) groups excluding carboxylic acids is 1. The van der Waals surface area contributed by atoms with Gasteiger partial charge < -0.3 is 10.6 Å². The lowest BCUT2D eigenvalue weighted by Crippen LogP contribution is -2.30. The molecule has 120 valence electrons. The predicted molar refractivity (Wildman–Crippen MR) is 91.5 cm³/mol. The monoisotopic (exact) mass is 340 g/mol. The molecule has 5 nitrogen and oxygen atoms in total. The molecule has 0 aliphatic rings. The van der Waals surface area contributed by atoms with Crippen LogP contribution in [0.25, 0.3) is 10.2 Å². The van der Waals surface area contributed by atoms with Gasteiger partial charge >= 0.3 is 6.03 Å². The summed E-state index contributed by atoms with van der Waals surface area (Å²) in [6.45, 7) is 0.411. The molecule has 0 atom stereocenters. The van der Waals surface area contributed by atoms with Gasteiger partial charge in [0.1, 0.15) is 11.9 Å². The van der Waals surface area contributed by atoms with E-state index in [-0.39, 0.29) is 11.3 Å². The first-order valence-corrected chi connectivity index (χ1v) is 8.06. The van der Waals surface area contributed by atoms with E-state index in [9.17, 15) is 9.18 Å². The molecule has 0 radical (unpaired) electrons. The SMILES string of the molecule is N#Cc1cc(F)ccc1NC(=O)NCCc1nc2ccccc2s1. The van der Waals surface area contributed by atoms with Crippen molar-refractivity contribution in [3.05, 3.63) is 58.9 Å². The maximum Gasteiger partial charge on any atom is 0.319 e. The number of benzene rings is 2. The maximum absolute atomic E-state index is 13.1. The fourth-order valence-electron chi connectivity index (χ4n) is 2.19. The van der Waals surface area contributed by atoms with Crippen molar-refractivity contribution >= 4 is 33.3 Å².